The highest BCUT2D eigenvalue weighted by Gasteiger charge is 2.16. The lowest BCUT2D eigenvalue weighted by molar-refractivity contribution is 0.0697. The SMILES string of the molecule is NS(=O)(=O)c1nc2cc(-c3ccccc3C(=O)O)ccc2s1. The molecule has 6 nitrogen and oxygen atoms in total. The van der Waals surface area contributed by atoms with Crippen LogP contribution in [0.4, 0.5) is 0 Å². The van der Waals surface area contributed by atoms with Crippen LogP contribution in [0.3, 0.4) is 0 Å². The van der Waals surface area contributed by atoms with Crippen LogP contribution in [-0.2, 0) is 10.0 Å². The molecule has 0 fully saturated rings. The number of carboxylic acid groups (broad SMARTS) is 1. The zero-order valence-corrected chi connectivity index (χ0v) is 12.7. The van der Waals surface area contributed by atoms with Gasteiger partial charge < -0.3 is 5.11 Å². The van der Waals surface area contributed by atoms with Gasteiger partial charge in [-0.15, -0.1) is 11.3 Å². The molecule has 0 spiro atoms. The van der Waals surface area contributed by atoms with Crippen molar-refractivity contribution in [2.75, 3.05) is 0 Å². The Hall–Kier alpha value is -2.29. The zero-order chi connectivity index (χ0) is 15.9. The second-order valence-corrected chi connectivity index (χ2v) is 7.32. The molecular weight excluding hydrogens is 324 g/mol. The third kappa shape index (κ3) is 2.59. The van der Waals surface area contributed by atoms with Crippen LogP contribution in [0.5, 0.6) is 0 Å². The van der Waals surface area contributed by atoms with Crippen molar-refractivity contribution >= 4 is 37.5 Å². The van der Waals surface area contributed by atoms with Crippen molar-refractivity contribution in [3.05, 3.63) is 48.0 Å². The van der Waals surface area contributed by atoms with Crippen LogP contribution in [-0.4, -0.2) is 24.5 Å². The number of hydrogen-bond acceptors (Lipinski definition) is 5. The van der Waals surface area contributed by atoms with Gasteiger partial charge in [0, 0.05) is 0 Å². The third-order valence-corrected chi connectivity index (χ3v) is 5.44. The van der Waals surface area contributed by atoms with Gasteiger partial charge in [-0.2, -0.15) is 0 Å². The van der Waals surface area contributed by atoms with E-state index in [2.05, 4.69) is 4.98 Å². The van der Waals surface area contributed by atoms with E-state index in [1.165, 1.54) is 6.07 Å². The Labute approximate surface area is 129 Å². The molecule has 3 rings (SSSR count). The van der Waals surface area contributed by atoms with E-state index in [-0.39, 0.29) is 9.90 Å². The van der Waals surface area contributed by atoms with Crippen LogP contribution in [0, 0.1) is 0 Å². The van der Waals surface area contributed by atoms with Gasteiger partial charge in [-0.3, -0.25) is 0 Å². The number of hydrogen-bond donors (Lipinski definition) is 2. The minimum absolute atomic E-state index is 0.161. The van der Waals surface area contributed by atoms with E-state index in [4.69, 9.17) is 5.14 Å². The molecule has 0 aliphatic heterocycles. The Morgan fingerprint density at radius 1 is 1.18 bits per heavy atom. The standard InChI is InChI=1S/C14H10N2O4S2/c15-22(19,20)14-16-11-7-8(5-6-12(11)21-14)9-3-1-2-4-10(9)13(17)18/h1-7H,(H,17,18)(H2,15,19,20). The summed E-state index contributed by atoms with van der Waals surface area (Å²) in [5.41, 5.74) is 1.83. The Morgan fingerprint density at radius 3 is 2.59 bits per heavy atom. The number of thiazole rings is 1. The van der Waals surface area contributed by atoms with Crippen LogP contribution in [0.2, 0.25) is 0 Å². The van der Waals surface area contributed by atoms with Crippen LogP contribution >= 0.6 is 11.3 Å². The van der Waals surface area contributed by atoms with E-state index in [1.54, 1.807) is 36.4 Å². The second-order valence-electron chi connectivity index (χ2n) is 4.56. The van der Waals surface area contributed by atoms with Gasteiger partial charge in [0.1, 0.15) is 0 Å². The lowest BCUT2D eigenvalue weighted by Gasteiger charge is -2.05. The Balaban J connectivity index is 2.20. The minimum Gasteiger partial charge on any atom is -0.478 e. The Bertz CT molecular complexity index is 993. The smallest absolute Gasteiger partial charge is 0.336 e. The van der Waals surface area contributed by atoms with Crippen LogP contribution in [0.15, 0.2) is 46.8 Å². The molecule has 22 heavy (non-hydrogen) atoms. The molecule has 0 saturated carbocycles. The molecule has 0 amide bonds. The first-order valence-corrected chi connectivity index (χ1v) is 8.48. The normalized spacial score (nSPS) is 11.7. The van der Waals surface area contributed by atoms with E-state index in [9.17, 15) is 18.3 Å². The van der Waals surface area contributed by atoms with E-state index < -0.39 is 16.0 Å². The van der Waals surface area contributed by atoms with Crippen molar-refractivity contribution < 1.29 is 18.3 Å². The molecule has 0 bridgehead atoms. The van der Waals surface area contributed by atoms with Crippen molar-refractivity contribution in [2.45, 2.75) is 4.34 Å². The summed E-state index contributed by atoms with van der Waals surface area (Å²) in [6, 6.07) is 11.7. The fourth-order valence-electron chi connectivity index (χ4n) is 2.12. The summed E-state index contributed by atoms with van der Waals surface area (Å²) < 4.78 is 23.2. The highest BCUT2D eigenvalue weighted by Crippen LogP contribution is 2.30. The number of nitrogens with zero attached hydrogens (tertiary/aromatic N) is 1. The van der Waals surface area contributed by atoms with Crippen molar-refractivity contribution in [2.24, 2.45) is 5.14 Å². The molecule has 1 heterocycles. The molecule has 3 N–H and O–H groups in total. The second kappa shape index (κ2) is 5.16. The van der Waals surface area contributed by atoms with Crippen LogP contribution < -0.4 is 5.14 Å². The summed E-state index contributed by atoms with van der Waals surface area (Å²) in [6.45, 7) is 0. The highest BCUT2D eigenvalue weighted by molar-refractivity contribution is 7.91. The predicted molar refractivity (Wildman–Crippen MR) is 83.4 cm³/mol. The average Bonchev–Trinajstić information content (AvgIpc) is 2.90. The van der Waals surface area contributed by atoms with Gasteiger partial charge in [0.2, 0.25) is 4.34 Å². The van der Waals surface area contributed by atoms with Gasteiger partial charge in [0.25, 0.3) is 10.0 Å². The number of rotatable bonds is 3. The quantitative estimate of drug-likeness (QED) is 0.763. The predicted octanol–water partition coefficient (Wildman–Crippen LogP) is 2.31. The summed E-state index contributed by atoms with van der Waals surface area (Å²) in [6.07, 6.45) is 0. The van der Waals surface area contributed by atoms with Crippen molar-refractivity contribution in [3.8, 4) is 11.1 Å². The number of nitrogens with two attached hydrogens (primary N) is 1. The summed E-state index contributed by atoms with van der Waals surface area (Å²) in [4.78, 5) is 15.3. The Kier molecular flexibility index (Phi) is 3.44. The first kappa shape index (κ1) is 14.6. The summed E-state index contributed by atoms with van der Waals surface area (Å²) >= 11 is 0.978. The van der Waals surface area contributed by atoms with Crippen molar-refractivity contribution in [1.82, 2.24) is 4.98 Å². The van der Waals surface area contributed by atoms with E-state index in [0.717, 1.165) is 11.3 Å². The number of primary sulfonamides is 1. The fraction of sp³-hybridized carbons (Fsp3) is 0. The fourth-order valence-corrected chi connectivity index (χ4v) is 3.75. The van der Waals surface area contributed by atoms with E-state index >= 15 is 0 Å². The average molecular weight is 334 g/mol. The first-order valence-electron chi connectivity index (χ1n) is 6.12. The number of benzene rings is 2. The Morgan fingerprint density at radius 2 is 1.91 bits per heavy atom. The molecular formula is C14H10N2O4S2. The molecule has 112 valence electrons. The maximum absolute atomic E-state index is 11.3. The van der Waals surface area contributed by atoms with Crippen LogP contribution in [0.25, 0.3) is 21.3 Å². The third-order valence-electron chi connectivity index (χ3n) is 3.08. The highest BCUT2D eigenvalue weighted by atomic mass is 32.2. The molecule has 0 saturated heterocycles. The number of carbonyl (C=O) groups is 1. The minimum atomic E-state index is -3.85. The molecule has 0 aliphatic rings. The zero-order valence-electron chi connectivity index (χ0n) is 11.1. The molecule has 0 unspecified atom stereocenters. The summed E-state index contributed by atoms with van der Waals surface area (Å²) in [5, 5.41) is 14.3. The first-order chi connectivity index (χ1) is 10.4. The van der Waals surface area contributed by atoms with Gasteiger partial charge >= 0.3 is 5.97 Å². The van der Waals surface area contributed by atoms with E-state index in [1.807, 2.05) is 0 Å². The summed E-state index contributed by atoms with van der Waals surface area (Å²) in [7, 11) is -3.85. The maximum Gasteiger partial charge on any atom is 0.336 e. The molecule has 0 radical (unpaired) electrons. The van der Waals surface area contributed by atoms with Gasteiger partial charge in [0.05, 0.1) is 15.8 Å². The van der Waals surface area contributed by atoms with Crippen LogP contribution in [0.1, 0.15) is 10.4 Å². The monoisotopic (exact) mass is 334 g/mol. The number of aromatic nitrogens is 1. The van der Waals surface area contributed by atoms with Gasteiger partial charge in [-0.25, -0.2) is 23.3 Å². The lowest BCUT2D eigenvalue weighted by atomic mass is 9.99. The van der Waals surface area contributed by atoms with Gasteiger partial charge in [-0.05, 0) is 29.3 Å². The molecule has 8 heteroatoms. The number of carboxylic acids is 1. The lowest BCUT2D eigenvalue weighted by Crippen LogP contribution is -2.11. The largest absolute Gasteiger partial charge is 0.478 e. The molecule has 3 aromatic rings. The van der Waals surface area contributed by atoms with Crippen molar-refractivity contribution in [1.29, 1.82) is 0 Å². The number of sulfonamides is 1. The topological polar surface area (TPSA) is 110 Å². The van der Waals surface area contributed by atoms with E-state index in [0.29, 0.717) is 21.3 Å². The molecule has 2 aromatic carbocycles. The number of aromatic carboxylic acids is 1. The van der Waals surface area contributed by atoms with Gasteiger partial charge in [0.15, 0.2) is 0 Å². The molecule has 0 aliphatic carbocycles. The molecule has 0 atom stereocenters. The number of fused-ring (bicyclic) bond motifs is 1. The maximum atomic E-state index is 11.3. The summed E-state index contributed by atoms with van der Waals surface area (Å²) in [5.74, 6) is -1.03. The van der Waals surface area contributed by atoms with Gasteiger partial charge in [-0.1, -0.05) is 24.3 Å². The molecule has 1 aromatic heterocycles. The van der Waals surface area contributed by atoms with Crippen molar-refractivity contribution in [3.63, 3.8) is 0 Å².